The van der Waals surface area contributed by atoms with Crippen molar-refractivity contribution in [3.05, 3.63) is 24.3 Å². The highest BCUT2D eigenvalue weighted by Crippen LogP contribution is 2.36. The third kappa shape index (κ3) is 6.28. The average molecular weight is 358 g/mol. The van der Waals surface area contributed by atoms with Crippen LogP contribution in [0.15, 0.2) is 24.3 Å². The van der Waals surface area contributed by atoms with Crippen molar-refractivity contribution in [1.29, 1.82) is 0 Å². The van der Waals surface area contributed by atoms with Crippen LogP contribution in [-0.2, 0) is 9.59 Å². The first-order chi connectivity index (χ1) is 11.7. The van der Waals surface area contributed by atoms with Crippen molar-refractivity contribution < 1.29 is 27.5 Å². The molecular weight excluding hydrogens is 337 g/mol. The minimum absolute atomic E-state index is 0.128. The quantitative estimate of drug-likeness (QED) is 0.814. The number of nitrogens with one attached hydrogen (secondary N) is 1. The molecule has 1 N–H and O–H groups in total. The van der Waals surface area contributed by atoms with Crippen LogP contribution < -0.4 is 10.1 Å². The lowest BCUT2D eigenvalue weighted by Gasteiger charge is -2.30. The maximum atomic E-state index is 12.8. The molecule has 0 spiro atoms. The van der Waals surface area contributed by atoms with Crippen LogP contribution in [0, 0.1) is 5.92 Å². The van der Waals surface area contributed by atoms with Gasteiger partial charge in [0.1, 0.15) is 12.3 Å². The molecule has 0 radical (unpaired) electrons. The number of nitrogens with zero attached hydrogens (tertiary/aromatic N) is 1. The van der Waals surface area contributed by atoms with Crippen LogP contribution in [0.1, 0.15) is 26.7 Å². The first-order valence-electron chi connectivity index (χ1n) is 8.02. The number of ether oxygens (including phenoxy) is 1. The van der Waals surface area contributed by atoms with Gasteiger partial charge in [-0.15, -0.1) is 0 Å². The van der Waals surface area contributed by atoms with Crippen molar-refractivity contribution in [3.63, 3.8) is 0 Å². The van der Waals surface area contributed by atoms with Crippen LogP contribution in [0.5, 0.6) is 5.75 Å². The molecule has 8 heteroatoms. The van der Waals surface area contributed by atoms with E-state index in [-0.39, 0.29) is 11.8 Å². The SMILES string of the molecule is CC(=O)Nc1ccc(OCC(=O)N(CC(F)(F)F)[C@H](C)C2CC2)cc1. The lowest BCUT2D eigenvalue weighted by atomic mass is 10.2. The second-order valence-electron chi connectivity index (χ2n) is 6.21. The number of anilines is 1. The zero-order valence-corrected chi connectivity index (χ0v) is 14.1. The van der Waals surface area contributed by atoms with Crippen molar-refractivity contribution in [2.45, 2.75) is 38.9 Å². The summed E-state index contributed by atoms with van der Waals surface area (Å²) in [7, 11) is 0. The summed E-state index contributed by atoms with van der Waals surface area (Å²) in [6, 6.07) is 5.79. The van der Waals surface area contributed by atoms with Gasteiger partial charge < -0.3 is 15.0 Å². The van der Waals surface area contributed by atoms with Crippen molar-refractivity contribution in [1.82, 2.24) is 4.90 Å². The molecule has 1 aliphatic carbocycles. The van der Waals surface area contributed by atoms with Gasteiger partial charge in [-0.25, -0.2) is 0 Å². The number of halogens is 3. The molecular formula is C17H21F3N2O3. The maximum absolute atomic E-state index is 12.8. The lowest BCUT2D eigenvalue weighted by molar-refractivity contribution is -0.167. The Balaban J connectivity index is 1.94. The molecule has 0 heterocycles. The number of amides is 2. The van der Waals surface area contributed by atoms with E-state index in [1.54, 1.807) is 19.1 Å². The molecule has 2 amide bonds. The normalized spacial score (nSPS) is 15.4. The molecule has 138 valence electrons. The molecule has 2 rings (SSSR count). The van der Waals surface area contributed by atoms with Gasteiger partial charge in [0, 0.05) is 18.7 Å². The molecule has 0 unspecified atom stereocenters. The Morgan fingerprint density at radius 1 is 1.28 bits per heavy atom. The fourth-order valence-corrected chi connectivity index (χ4v) is 2.55. The van der Waals surface area contributed by atoms with Crippen LogP contribution in [0.4, 0.5) is 18.9 Å². The Hall–Kier alpha value is -2.25. The summed E-state index contributed by atoms with van der Waals surface area (Å²) in [4.78, 5) is 24.0. The van der Waals surface area contributed by atoms with Gasteiger partial charge in [0.15, 0.2) is 6.61 Å². The van der Waals surface area contributed by atoms with Crippen molar-refractivity contribution in [2.24, 2.45) is 5.92 Å². The van der Waals surface area contributed by atoms with Crippen molar-refractivity contribution >= 4 is 17.5 Å². The number of carbonyl (C=O) groups is 2. The summed E-state index contributed by atoms with van der Waals surface area (Å²) in [6.07, 6.45) is -2.76. The highest BCUT2D eigenvalue weighted by Gasteiger charge is 2.40. The average Bonchev–Trinajstić information content (AvgIpc) is 3.34. The van der Waals surface area contributed by atoms with Crippen LogP contribution in [-0.4, -0.2) is 42.1 Å². The maximum Gasteiger partial charge on any atom is 0.406 e. The Morgan fingerprint density at radius 3 is 2.36 bits per heavy atom. The standard InChI is InChI=1S/C17H21F3N2O3/c1-11(13-3-4-13)22(10-17(18,19)20)16(24)9-25-15-7-5-14(6-8-15)21-12(2)23/h5-8,11,13H,3-4,9-10H2,1-2H3,(H,21,23)/t11-/m1/s1. The summed E-state index contributed by atoms with van der Waals surface area (Å²) in [5, 5.41) is 2.58. The van der Waals surface area contributed by atoms with Gasteiger partial charge >= 0.3 is 6.18 Å². The van der Waals surface area contributed by atoms with Crippen molar-refractivity contribution in [2.75, 3.05) is 18.5 Å². The van der Waals surface area contributed by atoms with Gasteiger partial charge in [0.05, 0.1) is 0 Å². The second kappa shape index (κ2) is 7.76. The van der Waals surface area contributed by atoms with Crippen LogP contribution in [0.25, 0.3) is 0 Å². The Bertz CT molecular complexity index is 613. The van der Waals surface area contributed by atoms with Crippen LogP contribution in [0.3, 0.4) is 0 Å². The number of rotatable bonds is 7. The predicted octanol–water partition coefficient (Wildman–Crippen LogP) is 3.21. The molecule has 0 saturated heterocycles. The summed E-state index contributed by atoms with van der Waals surface area (Å²) in [6.45, 7) is 1.28. The fourth-order valence-electron chi connectivity index (χ4n) is 2.55. The number of hydrogen-bond donors (Lipinski definition) is 1. The molecule has 1 atom stereocenters. The Kier molecular flexibility index (Phi) is 5.92. The second-order valence-corrected chi connectivity index (χ2v) is 6.21. The zero-order chi connectivity index (χ0) is 18.6. The highest BCUT2D eigenvalue weighted by molar-refractivity contribution is 5.88. The molecule has 25 heavy (non-hydrogen) atoms. The number of benzene rings is 1. The van der Waals surface area contributed by atoms with E-state index in [4.69, 9.17) is 4.74 Å². The summed E-state index contributed by atoms with van der Waals surface area (Å²) in [5.74, 6) is -0.444. The lowest BCUT2D eigenvalue weighted by Crippen LogP contribution is -2.47. The van der Waals surface area contributed by atoms with Gasteiger partial charge in [-0.3, -0.25) is 9.59 Å². The van der Waals surface area contributed by atoms with E-state index < -0.39 is 31.3 Å². The van der Waals surface area contributed by atoms with Crippen molar-refractivity contribution in [3.8, 4) is 5.75 Å². The Labute approximate surface area is 144 Å². The topological polar surface area (TPSA) is 58.6 Å². The predicted molar refractivity (Wildman–Crippen MR) is 86.2 cm³/mol. The smallest absolute Gasteiger partial charge is 0.406 e. The molecule has 1 aromatic carbocycles. The summed E-state index contributed by atoms with van der Waals surface area (Å²) in [5.41, 5.74) is 0.562. The first-order valence-corrected chi connectivity index (χ1v) is 8.02. The molecule has 5 nitrogen and oxygen atoms in total. The van der Waals surface area contributed by atoms with Crippen LogP contribution >= 0.6 is 0 Å². The third-order valence-electron chi connectivity index (χ3n) is 4.00. The van der Waals surface area contributed by atoms with Gasteiger partial charge in [-0.2, -0.15) is 13.2 Å². The summed E-state index contributed by atoms with van der Waals surface area (Å²) < 4.78 is 43.6. The fraction of sp³-hybridized carbons (Fsp3) is 0.529. The van der Waals surface area contributed by atoms with Gasteiger partial charge in [0.25, 0.3) is 5.91 Å². The van der Waals surface area contributed by atoms with Crippen LogP contribution in [0.2, 0.25) is 0 Å². The highest BCUT2D eigenvalue weighted by atomic mass is 19.4. The summed E-state index contributed by atoms with van der Waals surface area (Å²) >= 11 is 0. The minimum atomic E-state index is -4.45. The van der Waals surface area contributed by atoms with E-state index >= 15 is 0 Å². The molecule has 0 aromatic heterocycles. The zero-order valence-electron chi connectivity index (χ0n) is 14.1. The van der Waals surface area contributed by atoms with E-state index in [2.05, 4.69) is 5.32 Å². The largest absolute Gasteiger partial charge is 0.484 e. The Morgan fingerprint density at radius 2 is 1.88 bits per heavy atom. The van der Waals surface area contributed by atoms with E-state index in [9.17, 15) is 22.8 Å². The van der Waals surface area contributed by atoms with Gasteiger partial charge in [0.2, 0.25) is 5.91 Å². The molecule has 1 aromatic rings. The van der Waals surface area contributed by atoms with E-state index in [1.165, 1.54) is 19.1 Å². The molecule has 0 bridgehead atoms. The molecule has 1 aliphatic rings. The number of carbonyl (C=O) groups excluding carboxylic acids is 2. The number of hydrogen-bond acceptors (Lipinski definition) is 3. The minimum Gasteiger partial charge on any atom is -0.484 e. The number of alkyl halides is 3. The van der Waals surface area contributed by atoms with E-state index in [1.807, 2.05) is 0 Å². The van der Waals surface area contributed by atoms with Gasteiger partial charge in [-0.05, 0) is 49.9 Å². The first kappa shape index (κ1) is 19.1. The molecule has 1 saturated carbocycles. The third-order valence-corrected chi connectivity index (χ3v) is 4.00. The molecule has 0 aliphatic heterocycles. The molecule has 1 fully saturated rings. The monoisotopic (exact) mass is 358 g/mol. The van der Waals surface area contributed by atoms with E-state index in [0.717, 1.165) is 17.7 Å². The van der Waals surface area contributed by atoms with Gasteiger partial charge in [-0.1, -0.05) is 0 Å². The van der Waals surface area contributed by atoms with E-state index in [0.29, 0.717) is 11.4 Å².